The number of nitrogen functional groups attached to an aromatic ring is 1. The van der Waals surface area contributed by atoms with Crippen LogP contribution in [0.2, 0.25) is 0 Å². The van der Waals surface area contributed by atoms with E-state index in [4.69, 9.17) is 5.73 Å². The van der Waals surface area contributed by atoms with Gasteiger partial charge in [0.1, 0.15) is 5.69 Å². The van der Waals surface area contributed by atoms with E-state index in [0.29, 0.717) is 12.1 Å². The number of hydrogen-bond donors (Lipinski definition) is 1. The molecule has 92 valence electrons. The minimum atomic E-state index is -4.86. The van der Waals surface area contributed by atoms with Gasteiger partial charge in [-0.3, -0.25) is 10.1 Å². The predicted molar refractivity (Wildman–Crippen MR) is 51.7 cm³/mol. The number of halogens is 3. The number of nitro benzene ring substituents is 1. The summed E-state index contributed by atoms with van der Waals surface area (Å²) < 4.78 is 37.6. The third-order valence-corrected chi connectivity index (χ3v) is 2.01. The van der Waals surface area contributed by atoms with Gasteiger partial charge in [-0.25, -0.2) is 0 Å². The lowest BCUT2D eigenvalue weighted by atomic mass is 10.1. The Morgan fingerprint density at radius 2 is 1.82 bits per heavy atom. The van der Waals surface area contributed by atoms with E-state index in [0.717, 1.165) is 7.05 Å². The van der Waals surface area contributed by atoms with Gasteiger partial charge in [0.15, 0.2) is 7.05 Å². The van der Waals surface area contributed by atoms with Crippen LogP contribution in [0.5, 0.6) is 0 Å². The fourth-order valence-electron chi connectivity index (χ4n) is 1.19. The molecule has 17 heavy (non-hydrogen) atoms. The highest BCUT2D eigenvalue weighted by atomic mass is 19.4. The molecule has 0 atom stereocenters. The average molecular weight is 250 g/mol. The zero-order chi connectivity index (χ0) is 13.4. The molecule has 1 aromatic carbocycles. The minimum Gasteiger partial charge on any atom is -0.393 e. The Balaban J connectivity index is 3.60. The molecule has 0 radical (unpaired) electrons. The second-order valence-electron chi connectivity index (χ2n) is 3.18. The van der Waals surface area contributed by atoms with Gasteiger partial charge in [0.05, 0.1) is 16.6 Å². The minimum absolute atomic E-state index is 0.0850. The van der Waals surface area contributed by atoms with Gasteiger partial charge in [-0.1, -0.05) is 0 Å². The Kier molecular flexibility index (Phi) is 3.03. The number of rotatable bonds is 2. The SMILES string of the molecule is C[N+](=O)c1cc([N+](=O)[O-])c(N)c(C(F)(F)F)c1. The van der Waals surface area contributed by atoms with E-state index in [1.54, 1.807) is 0 Å². The molecule has 2 N–H and O–H groups in total. The third kappa shape index (κ3) is 2.49. The van der Waals surface area contributed by atoms with E-state index in [-0.39, 0.29) is 4.76 Å². The average Bonchev–Trinajstić information content (AvgIpc) is 2.15. The summed E-state index contributed by atoms with van der Waals surface area (Å²) in [6.45, 7) is 0. The van der Waals surface area contributed by atoms with Crippen molar-refractivity contribution >= 4 is 17.1 Å². The Hall–Kier alpha value is -2.19. The van der Waals surface area contributed by atoms with Gasteiger partial charge in [-0.2, -0.15) is 13.2 Å². The van der Waals surface area contributed by atoms with Gasteiger partial charge in [-0.15, -0.1) is 0 Å². The van der Waals surface area contributed by atoms with E-state index >= 15 is 0 Å². The fraction of sp³-hybridized carbons (Fsp3) is 0.250. The second-order valence-corrected chi connectivity index (χ2v) is 3.18. The van der Waals surface area contributed by atoms with Crippen LogP contribution < -0.4 is 5.73 Å². The molecule has 1 rings (SSSR count). The van der Waals surface area contributed by atoms with Crippen molar-refractivity contribution in [3.8, 4) is 0 Å². The normalized spacial score (nSPS) is 11.3. The molecule has 0 saturated carbocycles. The maximum absolute atomic E-state index is 12.5. The predicted octanol–water partition coefficient (Wildman–Crippen LogP) is 2.24. The summed E-state index contributed by atoms with van der Waals surface area (Å²) in [4.78, 5) is 20.3. The monoisotopic (exact) mass is 250 g/mol. The quantitative estimate of drug-likeness (QED) is 0.377. The summed E-state index contributed by atoms with van der Waals surface area (Å²) in [6.07, 6.45) is -4.86. The molecule has 0 fully saturated rings. The van der Waals surface area contributed by atoms with Gasteiger partial charge < -0.3 is 5.73 Å². The molecular weight excluding hydrogens is 243 g/mol. The van der Waals surface area contributed by atoms with Gasteiger partial charge in [0.25, 0.3) is 11.4 Å². The molecule has 0 bridgehead atoms. The van der Waals surface area contributed by atoms with E-state index in [9.17, 15) is 28.2 Å². The number of anilines is 1. The van der Waals surface area contributed by atoms with E-state index in [1.165, 1.54) is 0 Å². The molecule has 0 unspecified atom stereocenters. The summed E-state index contributed by atoms with van der Waals surface area (Å²) in [7, 11) is 0.926. The summed E-state index contributed by atoms with van der Waals surface area (Å²) in [5.41, 5.74) is 1.22. The summed E-state index contributed by atoms with van der Waals surface area (Å²) >= 11 is 0. The maximum atomic E-state index is 12.5. The molecule has 0 aliphatic carbocycles. The van der Waals surface area contributed by atoms with Crippen molar-refractivity contribution < 1.29 is 22.9 Å². The van der Waals surface area contributed by atoms with Crippen LogP contribution in [-0.2, 0) is 6.18 Å². The lowest BCUT2D eigenvalue weighted by molar-refractivity contribution is -0.430. The molecule has 9 heteroatoms. The standard InChI is InChI=1S/C8H7F3N3O3/c1-13(15)4-2-5(8(9,10)11)7(12)6(3-4)14(16)17/h2-3H,12H2,1H3/q+1. The van der Waals surface area contributed by atoms with Crippen molar-refractivity contribution in [2.45, 2.75) is 6.18 Å². The fourth-order valence-corrected chi connectivity index (χ4v) is 1.19. The molecule has 0 aliphatic rings. The Bertz CT molecular complexity index is 499. The van der Waals surface area contributed by atoms with Crippen LogP contribution in [0.3, 0.4) is 0 Å². The number of nitrogens with two attached hydrogens (primary N) is 1. The number of nitrogens with zero attached hydrogens (tertiary/aromatic N) is 2. The van der Waals surface area contributed by atoms with Gasteiger partial charge in [-0.05, 0) is 0 Å². The summed E-state index contributed by atoms with van der Waals surface area (Å²) in [6, 6.07) is 1.16. The first-order chi connectivity index (χ1) is 7.64. The molecule has 0 saturated heterocycles. The summed E-state index contributed by atoms with van der Waals surface area (Å²) in [5, 5.41) is 10.5. The highest BCUT2D eigenvalue weighted by molar-refractivity contribution is 5.68. The number of benzene rings is 1. The van der Waals surface area contributed by atoms with Crippen molar-refractivity contribution in [2.24, 2.45) is 0 Å². The third-order valence-electron chi connectivity index (χ3n) is 2.01. The van der Waals surface area contributed by atoms with E-state index in [2.05, 4.69) is 0 Å². The lowest BCUT2D eigenvalue weighted by Gasteiger charge is -2.09. The first kappa shape index (κ1) is 12.9. The van der Waals surface area contributed by atoms with Gasteiger partial charge >= 0.3 is 6.18 Å². The van der Waals surface area contributed by atoms with Crippen molar-refractivity contribution in [2.75, 3.05) is 12.8 Å². The van der Waals surface area contributed by atoms with Crippen LogP contribution in [0.1, 0.15) is 5.56 Å². The van der Waals surface area contributed by atoms with Crippen molar-refractivity contribution in [3.05, 3.63) is 32.7 Å². The van der Waals surface area contributed by atoms with Crippen LogP contribution in [0.4, 0.5) is 30.2 Å². The highest BCUT2D eigenvalue weighted by Crippen LogP contribution is 2.40. The van der Waals surface area contributed by atoms with Crippen molar-refractivity contribution in [1.29, 1.82) is 0 Å². The first-order valence-corrected chi connectivity index (χ1v) is 4.20. The highest BCUT2D eigenvalue weighted by Gasteiger charge is 2.38. The molecule has 0 heterocycles. The largest absolute Gasteiger partial charge is 0.418 e. The Morgan fingerprint density at radius 1 is 1.29 bits per heavy atom. The van der Waals surface area contributed by atoms with Crippen molar-refractivity contribution in [1.82, 2.24) is 0 Å². The topological polar surface area (TPSA) is 89.2 Å². The number of nitro groups is 1. The molecular formula is C8H7F3N3O3+. The van der Waals surface area contributed by atoms with Crippen molar-refractivity contribution in [3.63, 3.8) is 0 Å². The van der Waals surface area contributed by atoms with Gasteiger partial charge in [0, 0.05) is 15.7 Å². The van der Waals surface area contributed by atoms with Crippen LogP contribution in [-0.4, -0.2) is 16.7 Å². The zero-order valence-electron chi connectivity index (χ0n) is 8.49. The van der Waals surface area contributed by atoms with E-state index < -0.39 is 33.7 Å². The first-order valence-electron chi connectivity index (χ1n) is 4.20. The van der Waals surface area contributed by atoms with E-state index in [1.807, 2.05) is 0 Å². The second kappa shape index (κ2) is 4.00. The molecule has 0 aliphatic heterocycles. The molecule has 0 amide bonds. The van der Waals surface area contributed by atoms with Gasteiger partial charge in [0.2, 0.25) is 0 Å². The van der Waals surface area contributed by atoms with Crippen LogP contribution in [0, 0.1) is 15.0 Å². The smallest absolute Gasteiger partial charge is 0.393 e. The molecule has 0 aromatic heterocycles. The molecule has 0 spiro atoms. The zero-order valence-corrected chi connectivity index (χ0v) is 8.49. The van der Waals surface area contributed by atoms with Crippen LogP contribution >= 0.6 is 0 Å². The summed E-state index contributed by atoms with van der Waals surface area (Å²) in [5.74, 6) is 0. The van der Waals surface area contributed by atoms with Crippen LogP contribution in [0.15, 0.2) is 12.1 Å². The molecule has 1 aromatic rings. The van der Waals surface area contributed by atoms with Crippen LogP contribution in [0.25, 0.3) is 0 Å². The molecule has 6 nitrogen and oxygen atoms in total. The Labute approximate surface area is 92.6 Å². The lowest BCUT2D eigenvalue weighted by Crippen LogP contribution is -2.11. The maximum Gasteiger partial charge on any atom is 0.418 e. The Morgan fingerprint density at radius 3 is 2.18 bits per heavy atom. The number of nitroso groups, excluding NO2 is 1. The number of alkyl halides is 3. The number of hydrogen-bond acceptors (Lipinski definition) is 4.